The molecule has 0 bridgehead atoms. The van der Waals surface area contributed by atoms with Gasteiger partial charge in [-0.2, -0.15) is 39.5 Å². The van der Waals surface area contributed by atoms with Crippen LogP contribution in [0.25, 0.3) is 11.0 Å². The lowest BCUT2D eigenvalue weighted by molar-refractivity contribution is -0.144. The van der Waals surface area contributed by atoms with Crippen molar-refractivity contribution in [1.82, 2.24) is 9.97 Å². The van der Waals surface area contributed by atoms with Crippen LogP contribution < -0.4 is 9.80 Å². The maximum absolute atomic E-state index is 13.3. The first-order valence-corrected chi connectivity index (χ1v) is 9.87. The Morgan fingerprint density at radius 1 is 0.647 bits per heavy atom. The van der Waals surface area contributed by atoms with Crippen LogP contribution in [-0.4, -0.2) is 36.1 Å². The van der Waals surface area contributed by atoms with Crippen molar-refractivity contribution in [2.75, 3.05) is 36.0 Å². The Labute approximate surface area is 186 Å². The molecule has 1 aromatic carbocycles. The highest BCUT2D eigenvalue weighted by molar-refractivity contribution is 5.81. The van der Waals surface area contributed by atoms with Gasteiger partial charge < -0.3 is 9.80 Å². The quantitative estimate of drug-likeness (QED) is 0.409. The molecular formula is C21H15F9N4. The number of alkyl halides is 9. The fourth-order valence-electron chi connectivity index (χ4n) is 3.72. The Balaban J connectivity index is 1.60. The summed E-state index contributed by atoms with van der Waals surface area (Å²) in [7, 11) is 0. The second-order valence-electron chi connectivity index (χ2n) is 7.61. The number of nitrogens with zero attached hydrogens (tertiary/aromatic N) is 4. The molecule has 0 radical (unpaired) electrons. The predicted molar refractivity (Wildman–Crippen MR) is 105 cm³/mol. The molecule has 4 rings (SSSR count). The van der Waals surface area contributed by atoms with E-state index in [0.717, 1.165) is 18.2 Å². The van der Waals surface area contributed by atoms with E-state index in [1.807, 2.05) is 0 Å². The predicted octanol–water partition coefficient (Wildman–Crippen LogP) is 6.01. The van der Waals surface area contributed by atoms with E-state index in [2.05, 4.69) is 9.97 Å². The SMILES string of the molecule is FC(F)(F)c1cccc(N2CCN(c3ccc4c(C(F)(F)F)cc(C(F)(F)F)nc4n3)CC2)c1. The Kier molecular flexibility index (Phi) is 5.76. The number of hydrogen-bond donors (Lipinski definition) is 0. The lowest BCUT2D eigenvalue weighted by atomic mass is 10.1. The number of fused-ring (bicyclic) bond motifs is 1. The van der Waals surface area contributed by atoms with Gasteiger partial charge in [0, 0.05) is 37.3 Å². The van der Waals surface area contributed by atoms with Crippen LogP contribution in [0, 0.1) is 0 Å². The molecule has 4 nitrogen and oxygen atoms in total. The van der Waals surface area contributed by atoms with Gasteiger partial charge in [-0.25, -0.2) is 9.97 Å². The van der Waals surface area contributed by atoms with Gasteiger partial charge in [-0.3, -0.25) is 0 Å². The number of pyridine rings is 2. The maximum atomic E-state index is 13.3. The molecule has 1 saturated heterocycles. The highest BCUT2D eigenvalue weighted by Crippen LogP contribution is 2.39. The molecule has 0 atom stereocenters. The van der Waals surface area contributed by atoms with E-state index < -0.39 is 46.4 Å². The van der Waals surface area contributed by atoms with Gasteiger partial charge in [-0.15, -0.1) is 0 Å². The molecule has 3 heterocycles. The van der Waals surface area contributed by atoms with E-state index in [-0.39, 0.29) is 38.1 Å². The number of benzene rings is 1. The van der Waals surface area contributed by atoms with Crippen molar-refractivity contribution in [2.24, 2.45) is 0 Å². The topological polar surface area (TPSA) is 32.3 Å². The lowest BCUT2D eigenvalue weighted by Crippen LogP contribution is -2.46. The molecule has 1 aliphatic heterocycles. The second kappa shape index (κ2) is 8.20. The van der Waals surface area contributed by atoms with Crippen LogP contribution in [0.2, 0.25) is 0 Å². The van der Waals surface area contributed by atoms with Gasteiger partial charge in [0.05, 0.1) is 11.1 Å². The highest BCUT2D eigenvalue weighted by Gasteiger charge is 2.39. The van der Waals surface area contributed by atoms with Gasteiger partial charge in [0.15, 0.2) is 5.65 Å². The first-order valence-electron chi connectivity index (χ1n) is 9.87. The number of halogens is 9. The second-order valence-corrected chi connectivity index (χ2v) is 7.61. The van der Waals surface area contributed by atoms with Crippen molar-refractivity contribution in [3.05, 3.63) is 59.3 Å². The molecule has 0 unspecified atom stereocenters. The van der Waals surface area contributed by atoms with Gasteiger partial charge in [-0.1, -0.05) is 6.07 Å². The van der Waals surface area contributed by atoms with Gasteiger partial charge in [-0.05, 0) is 36.4 Å². The molecule has 13 heteroatoms. The first-order chi connectivity index (χ1) is 15.7. The summed E-state index contributed by atoms with van der Waals surface area (Å²) in [6.45, 7) is 1.01. The zero-order chi connectivity index (χ0) is 24.9. The zero-order valence-electron chi connectivity index (χ0n) is 17.1. The van der Waals surface area contributed by atoms with Crippen LogP contribution in [0.4, 0.5) is 51.0 Å². The molecule has 1 fully saturated rings. The van der Waals surface area contributed by atoms with Crippen LogP contribution in [0.5, 0.6) is 0 Å². The molecule has 0 amide bonds. The summed E-state index contributed by atoms with van der Waals surface area (Å²) in [5, 5.41) is -0.563. The van der Waals surface area contributed by atoms with Gasteiger partial charge in [0.25, 0.3) is 0 Å². The minimum absolute atomic E-state index is 0.0441. The molecule has 0 saturated carbocycles. The summed E-state index contributed by atoms with van der Waals surface area (Å²) in [5.41, 5.74) is -4.33. The third kappa shape index (κ3) is 4.82. The first kappa shape index (κ1) is 23.9. The minimum Gasteiger partial charge on any atom is -0.368 e. The fourth-order valence-corrected chi connectivity index (χ4v) is 3.72. The zero-order valence-corrected chi connectivity index (χ0v) is 17.1. The summed E-state index contributed by atoms with van der Waals surface area (Å²) < 4.78 is 118. The Hall–Kier alpha value is -3.25. The summed E-state index contributed by atoms with van der Waals surface area (Å²) in [5.74, 6) is 0.121. The van der Waals surface area contributed by atoms with E-state index in [1.165, 1.54) is 18.2 Å². The van der Waals surface area contributed by atoms with E-state index in [9.17, 15) is 39.5 Å². The van der Waals surface area contributed by atoms with E-state index in [0.29, 0.717) is 5.69 Å². The fraction of sp³-hybridized carbons (Fsp3) is 0.333. The Morgan fingerprint density at radius 2 is 1.29 bits per heavy atom. The molecule has 0 N–H and O–H groups in total. The van der Waals surface area contributed by atoms with Gasteiger partial charge in [0.2, 0.25) is 0 Å². The van der Waals surface area contributed by atoms with Gasteiger partial charge >= 0.3 is 18.5 Å². The molecule has 0 aliphatic carbocycles. The average molecular weight is 494 g/mol. The largest absolute Gasteiger partial charge is 0.433 e. The standard InChI is InChI=1S/C21H15F9N4/c22-19(23,24)12-2-1-3-13(10-12)33-6-8-34(9-7-33)17-5-4-14-15(20(25,26)27)11-16(21(28,29)30)31-18(14)32-17/h1-5,10-11H,6-9H2. The number of aromatic nitrogens is 2. The van der Waals surface area contributed by atoms with Crippen molar-refractivity contribution < 1.29 is 39.5 Å². The van der Waals surface area contributed by atoms with Crippen LogP contribution >= 0.6 is 0 Å². The van der Waals surface area contributed by atoms with Crippen molar-refractivity contribution >= 4 is 22.5 Å². The van der Waals surface area contributed by atoms with Crippen molar-refractivity contribution in [3.8, 4) is 0 Å². The summed E-state index contributed by atoms with van der Waals surface area (Å²) in [6.07, 6.45) is -14.6. The lowest BCUT2D eigenvalue weighted by Gasteiger charge is -2.37. The van der Waals surface area contributed by atoms with Crippen LogP contribution in [-0.2, 0) is 18.5 Å². The average Bonchev–Trinajstić information content (AvgIpc) is 2.76. The van der Waals surface area contributed by atoms with Gasteiger partial charge in [0.1, 0.15) is 11.5 Å². The molecule has 0 spiro atoms. The molecule has 3 aromatic rings. The third-order valence-electron chi connectivity index (χ3n) is 5.40. The van der Waals surface area contributed by atoms with Crippen LogP contribution in [0.3, 0.4) is 0 Å². The van der Waals surface area contributed by atoms with Crippen molar-refractivity contribution in [3.63, 3.8) is 0 Å². The Bertz CT molecular complexity index is 1190. The summed E-state index contributed by atoms with van der Waals surface area (Å²) in [6, 6.07) is 7.02. The van der Waals surface area contributed by atoms with E-state index >= 15 is 0 Å². The number of piperazine rings is 1. The summed E-state index contributed by atoms with van der Waals surface area (Å²) in [4.78, 5) is 10.6. The molecule has 182 valence electrons. The number of anilines is 2. The molecule has 2 aromatic heterocycles. The molecule has 34 heavy (non-hydrogen) atoms. The summed E-state index contributed by atoms with van der Waals surface area (Å²) >= 11 is 0. The minimum atomic E-state index is -5.09. The van der Waals surface area contributed by atoms with Crippen LogP contribution in [0.15, 0.2) is 42.5 Å². The normalized spacial score (nSPS) is 15.8. The Morgan fingerprint density at radius 3 is 1.88 bits per heavy atom. The smallest absolute Gasteiger partial charge is 0.368 e. The van der Waals surface area contributed by atoms with E-state index in [4.69, 9.17) is 0 Å². The number of rotatable bonds is 2. The molecule has 1 aliphatic rings. The van der Waals surface area contributed by atoms with Crippen LogP contribution in [0.1, 0.15) is 16.8 Å². The van der Waals surface area contributed by atoms with Crippen molar-refractivity contribution in [2.45, 2.75) is 18.5 Å². The van der Waals surface area contributed by atoms with Crippen molar-refractivity contribution in [1.29, 1.82) is 0 Å². The monoisotopic (exact) mass is 494 g/mol. The highest BCUT2D eigenvalue weighted by atomic mass is 19.4. The van der Waals surface area contributed by atoms with E-state index in [1.54, 1.807) is 9.80 Å². The maximum Gasteiger partial charge on any atom is 0.433 e. The number of hydrogen-bond acceptors (Lipinski definition) is 4. The molecular weight excluding hydrogens is 479 g/mol. The third-order valence-corrected chi connectivity index (χ3v) is 5.40.